The van der Waals surface area contributed by atoms with E-state index in [2.05, 4.69) is 32.1 Å². The Morgan fingerprint density at radius 2 is 1.95 bits per heavy atom. The van der Waals surface area contributed by atoms with Gasteiger partial charge in [0, 0.05) is 5.41 Å². The lowest BCUT2D eigenvalue weighted by atomic mass is 9.43. The molecular formula is C20H28O2. The summed E-state index contributed by atoms with van der Waals surface area (Å²) in [6.07, 6.45) is 15.1. The van der Waals surface area contributed by atoms with Gasteiger partial charge in [0.1, 0.15) is 0 Å². The molecule has 2 fully saturated rings. The van der Waals surface area contributed by atoms with Gasteiger partial charge in [-0.3, -0.25) is 4.79 Å². The molecule has 120 valence electrons. The molecule has 0 heterocycles. The molecule has 2 bridgehead atoms. The molecule has 22 heavy (non-hydrogen) atoms. The van der Waals surface area contributed by atoms with Gasteiger partial charge in [0.15, 0.2) is 0 Å². The van der Waals surface area contributed by atoms with Crippen molar-refractivity contribution in [1.29, 1.82) is 0 Å². The lowest BCUT2D eigenvalue weighted by molar-refractivity contribution is -0.161. The van der Waals surface area contributed by atoms with Crippen molar-refractivity contribution in [2.45, 2.75) is 65.7 Å². The third-order valence-corrected chi connectivity index (χ3v) is 7.75. The van der Waals surface area contributed by atoms with Crippen molar-refractivity contribution >= 4 is 5.97 Å². The molecule has 0 saturated heterocycles. The van der Waals surface area contributed by atoms with Crippen LogP contribution in [-0.4, -0.2) is 11.1 Å². The first kappa shape index (κ1) is 14.5. The van der Waals surface area contributed by atoms with Crippen LogP contribution in [0.15, 0.2) is 23.8 Å². The van der Waals surface area contributed by atoms with Crippen LogP contribution in [0, 0.1) is 27.6 Å². The van der Waals surface area contributed by atoms with Crippen molar-refractivity contribution in [2.75, 3.05) is 0 Å². The fourth-order valence-electron chi connectivity index (χ4n) is 6.66. The zero-order valence-corrected chi connectivity index (χ0v) is 14.1. The standard InChI is InChI=1S/C20H28O2/c1-17-9-5-15-18(2)7-4-8-19(3,16(21)22)14(18)6-10-20(15,13-17)12-11-17/h5,11-12,14H,4,6-10,13H2,1-3H3,(H,21,22)/t14-,17+,18+,19+,20-/m0/s1. The van der Waals surface area contributed by atoms with Gasteiger partial charge in [0.25, 0.3) is 0 Å². The zero-order chi connectivity index (χ0) is 15.8. The molecule has 1 spiro atoms. The van der Waals surface area contributed by atoms with Crippen LogP contribution in [0.3, 0.4) is 0 Å². The highest BCUT2D eigenvalue weighted by molar-refractivity contribution is 5.75. The molecule has 2 heteroatoms. The second-order valence-corrected chi connectivity index (χ2v) is 9.23. The summed E-state index contributed by atoms with van der Waals surface area (Å²) in [6, 6.07) is 0. The van der Waals surface area contributed by atoms with E-state index in [4.69, 9.17) is 0 Å². The number of fused-ring (bicyclic) bond motifs is 3. The van der Waals surface area contributed by atoms with E-state index in [1.165, 1.54) is 12.8 Å². The first-order valence-corrected chi connectivity index (χ1v) is 8.89. The van der Waals surface area contributed by atoms with Crippen molar-refractivity contribution in [1.82, 2.24) is 0 Å². The van der Waals surface area contributed by atoms with Crippen LogP contribution in [0.1, 0.15) is 65.7 Å². The van der Waals surface area contributed by atoms with E-state index in [-0.39, 0.29) is 10.8 Å². The van der Waals surface area contributed by atoms with Crippen molar-refractivity contribution in [3.05, 3.63) is 23.8 Å². The van der Waals surface area contributed by atoms with E-state index in [1.54, 1.807) is 5.57 Å². The number of allylic oxidation sites excluding steroid dienone is 4. The highest BCUT2D eigenvalue weighted by atomic mass is 16.4. The first-order chi connectivity index (χ1) is 10.2. The number of hydrogen-bond donors (Lipinski definition) is 1. The molecule has 4 rings (SSSR count). The molecule has 2 nitrogen and oxygen atoms in total. The van der Waals surface area contributed by atoms with E-state index >= 15 is 0 Å². The second kappa shape index (κ2) is 4.07. The van der Waals surface area contributed by atoms with Crippen molar-refractivity contribution < 1.29 is 9.90 Å². The van der Waals surface area contributed by atoms with Crippen LogP contribution in [-0.2, 0) is 4.79 Å². The fraction of sp³-hybridized carbons (Fsp3) is 0.750. The average molecular weight is 300 g/mol. The molecule has 0 aromatic carbocycles. The third kappa shape index (κ3) is 1.59. The molecule has 0 aromatic rings. The molecular weight excluding hydrogens is 272 g/mol. The highest BCUT2D eigenvalue weighted by Gasteiger charge is 2.62. The Kier molecular flexibility index (Phi) is 2.69. The fourth-order valence-corrected chi connectivity index (χ4v) is 6.66. The summed E-state index contributed by atoms with van der Waals surface area (Å²) in [4.78, 5) is 12.0. The molecule has 0 radical (unpaired) electrons. The number of aliphatic carboxylic acids is 1. The van der Waals surface area contributed by atoms with Gasteiger partial charge in [-0.1, -0.05) is 44.1 Å². The van der Waals surface area contributed by atoms with Crippen LogP contribution < -0.4 is 0 Å². The van der Waals surface area contributed by atoms with Crippen LogP contribution in [0.25, 0.3) is 0 Å². The molecule has 1 N–H and O–H groups in total. The largest absolute Gasteiger partial charge is 0.481 e. The number of carboxylic acids is 1. The van der Waals surface area contributed by atoms with Crippen LogP contribution in [0.4, 0.5) is 0 Å². The Labute approximate surface area is 133 Å². The van der Waals surface area contributed by atoms with Crippen LogP contribution >= 0.6 is 0 Å². The smallest absolute Gasteiger partial charge is 0.309 e. The van der Waals surface area contributed by atoms with Crippen LogP contribution in [0.2, 0.25) is 0 Å². The molecule has 0 unspecified atom stereocenters. The number of rotatable bonds is 1. The molecule has 4 aliphatic rings. The maximum absolute atomic E-state index is 12.0. The summed E-state index contributed by atoms with van der Waals surface area (Å²) in [6.45, 7) is 6.76. The minimum atomic E-state index is -0.581. The lowest BCUT2D eigenvalue weighted by Gasteiger charge is -2.60. The Hall–Kier alpha value is -1.05. The Bertz CT molecular complexity index is 603. The van der Waals surface area contributed by atoms with Gasteiger partial charge < -0.3 is 5.11 Å². The van der Waals surface area contributed by atoms with Gasteiger partial charge in [-0.25, -0.2) is 0 Å². The van der Waals surface area contributed by atoms with Crippen molar-refractivity contribution in [2.24, 2.45) is 27.6 Å². The van der Waals surface area contributed by atoms with Gasteiger partial charge in [0.2, 0.25) is 0 Å². The highest BCUT2D eigenvalue weighted by Crippen LogP contribution is 2.69. The lowest BCUT2D eigenvalue weighted by Crippen LogP contribution is -2.54. The molecule has 0 amide bonds. The summed E-state index contributed by atoms with van der Waals surface area (Å²) in [5.41, 5.74) is 1.72. The SMILES string of the molecule is C[C@]12C=C[C@@]3(CC[C@@H]4[C@](C)(C(=O)O)CCC[C@@]4(C)C3=CC1)C2. The van der Waals surface area contributed by atoms with E-state index in [0.29, 0.717) is 11.3 Å². The van der Waals surface area contributed by atoms with Crippen molar-refractivity contribution in [3.63, 3.8) is 0 Å². The van der Waals surface area contributed by atoms with E-state index in [9.17, 15) is 9.90 Å². The zero-order valence-electron chi connectivity index (χ0n) is 14.1. The first-order valence-electron chi connectivity index (χ1n) is 8.89. The maximum atomic E-state index is 12.0. The summed E-state index contributed by atoms with van der Waals surface area (Å²) < 4.78 is 0. The number of carbonyl (C=O) groups is 1. The summed E-state index contributed by atoms with van der Waals surface area (Å²) in [5, 5.41) is 9.88. The summed E-state index contributed by atoms with van der Waals surface area (Å²) in [7, 11) is 0. The van der Waals surface area contributed by atoms with E-state index < -0.39 is 11.4 Å². The van der Waals surface area contributed by atoms with Crippen LogP contribution in [0.5, 0.6) is 0 Å². The quantitative estimate of drug-likeness (QED) is 0.695. The van der Waals surface area contributed by atoms with Crippen molar-refractivity contribution in [3.8, 4) is 0 Å². The summed E-state index contributed by atoms with van der Waals surface area (Å²) in [5.74, 6) is -0.288. The average Bonchev–Trinajstić information content (AvgIpc) is 2.68. The van der Waals surface area contributed by atoms with Gasteiger partial charge in [-0.05, 0) is 62.2 Å². The minimum Gasteiger partial charge on any atom is -0.481 e. The monoisotopic (exact) mass is 300 g/mol. The number of carboxylic acid groups (broad SMARTS) is 1. The normalized spacial score (nSPS) is 52.7. The van der Waals surface area contributed by atoms with E-state index in [0.717, 1.165) is 32.1 Å². The molecule has 4 aliphatic carbocycles. The molecule has 0 aromatic heterocycles. The predicted octanol–water partition coefficient (Wildman–Crippen LogP) is 4.96. The predicted molar refractivity (Wildman–Crippen MR) is 87.4 cm³/mol. The summed E-state index contributed by atoms with van der Waals surface area (Å²) >= 11 is 0. The van der Waals surface area contributed by atoms with Gasteiger partial charge >= 0.3 is 5.97 Å². The minimum absolute atomic E-state index is 0.0830. The Balaban J connectivity index is 1.82. The second-order valence-electron chi connectivity index (χ2n) is 9.23. The van der Waals surface area contributed by atoms with Gasteiger partial charge in [-0.2, -0.15) is 0 Å². The molecule has 2 saturated carbocycles. The van der Waals surface area contributed by atoms with Gasteiger partial charge in [-0.15, -0.1) is 0 Å². The Morgan fingerprint density at radius 1 is 1.18 bits per heavy atom. The maximum Gasteiger partial charge on any atom is 0.309 e. The third-order valence-electron chi connectivity index (χ3n) is 7.75. The Morgan fingerprint density at radius 3 is 2.68 bits per heavy atom. The topological polar surface area (TPSA) is 37.3 Å². The molecule has 0 aliphatic heterocycles. The molecule has 5 atom stereocenters. The van der Waals surface area contributed by atoms with Gasteiger partial charge in [0.05, 0.1) is 5.41 Å². The number of hydrogen-bond acceptors (Lipinski definition) is 1. The van der Waals surface area contributed by atoms with E-state index in [1.807, 2.05) is 6.92 Å².